The highest BCUT2D eigenvalue weighted by molar-refractivity contribution is 4.82. The molecule has 1 aliphatic rings. The third-order valence-corrected chi connectivity index (χ3v) is 4.92. The third kappa shape index (κ3) is 7.64. The lowest BCUT2D eigenvalue weighted by molar-refractivity contribution is 0.257. The number of unbranched alkanes of at least 4 members (excludes halogenated alkanes) is 9. The van der Waals surface area contributed by atoms with Gasteiger partial charge in [0.2, 0.25) is 0 Å². The van der Waals surface area contributed by atoms with Crippen LogP contribution in [0.15, 0.2) is 0 Å². The van der Waals surface area contributed by atoms with Crippen LogP contribution < -0.4 is 5.73 Å². The summed E-state index contributed by atoms with van der Waals surface area (Å²) in [6, 6.07) is 0.766. The Morgan fingerprint density at radius 3 is 1.95 bits per heavy atom. The molecular formula is C18H38N2. The molecule has 20 heavy (non-hydrogen) atoms. The van der Waals surface area contributed by atoms with Gasteiger partial charge < -0.3 is 10.6 Å². The maximum absolute atomic E-state index is 5.78. The van der Waals surface area contributed by atoms with Gasteiger partial charge in [-0.1, -0.05) is 64.7 Å². The van der Waals surface area contributed by atoms with Gasteiger partial charge in [-0.3, -0.25) is 0 Å². The smallest absolute Gasteiger partial charge is 0.00706 e. The largest absolute Gasteiger partial charge is 0.330 e. The summed E-state index contributed by atoms with van der Waals surface area (Å²) in [4.78, 5) is 2.66. The zero-order valence-corrected chi connectivity index (χ0v) is 14.1. The van der Waals surface area contributed by atoms with Crippen LogP contribution in [-0.4, -0.2) is 30.6 Å². The molecule has 2 nitrogen and oxygen atoms in total. The molecule has 1 heterocycles. The zero-order chi connectivity index (χ0) is 14.6. The van der Waals surface area contributed by atoms with Crippen molar-refractivity contribution >= 4 is 0 Å². The zero-order valence-electron chi connectivity index (χ0n) is 14.1. The van der Waals surface area contributed by atoms with Gasteiger partial charge in [-0.2, -0.15) is 0 Å². The lowest BCUT2D eigenvalue weighted by Crippen LogP contribution is -2.28. The quantitative estimate of drug-likeness (QED) is 0.531. The fraction of sp³-hybridized carbons (Fsp3) is 1.00. The number of rotatable bonds is 12. The second-order valence-corrected chi connectivity index (χ2v) is 6.86. The summed E-state index contributed by atoms with van der Waals surface area (Å²) in [5.41, 5.74) is 5.78. The maximum atomic E-state index is 5.78. The molecule has 120 valence electrons. The van der Waals surface area contributed by atoms with Crippen LogP contribution in [0.4, 0.5) is 0 Å². The van der Waals surface area contributed by atoms with Gasteiger partial charge in [0, 0.05) is 12.6 Å². The maximum Gasteiger partial charge on any atom is 0.00706 e. The van der Waals surface area contributed by atoms with Gasteiger partial charge in [0.25, 0.3) is 0 Å². The normalized spacial score (nSPS) is 23.6. The van der Waals surface area contributed by atoms with E-state index in [4.69, 9.17) is 5.73 Å². The highest BCUT2D eigenvalue weighted by Gasteiger charge is 2.27. The first-order chi connectivity index (χ1) is 9.77. The summed E-state index contributed by atoms with van der Waals surface area (Å²) in [7, 11) is 0. The molecule has 2 unspecified atom stereocenters. The first-order valence-corrected chi connectivity index (χ1v) is 9.22. The minimum Gasteiger partial charge on any atom is -0.330 e. The average Bonchev–Trinajstić information content (AvgIpc) is 2.81. The van der Waals surface area contributed by atoms with Crippen LogP contribution in [-0.2, 0) is 0 Å². The van der Waals surface area contributed by atoms with Gasteiger partial charge in [0.15, 0.2) is 0 Å². The standard InChI is InChI=1S/C18H38N2/c1-3-4-5-6-7-8-9-10-11-12-13-20-16-18(15-19)14-17(20)2/h17-18H,3-16,19H2,1-2H3. The molecule has 0 saturated carbocycles. The molecule has 1 aliphatic heterocycles. The molecule has 0 aromatic heterocycles. The fourth-order valence-electron chi connectivity index (χ4n) is 3.50. The Morgan fingerprint density at radius 1 is 0.900 bits per heavy atom. The van der Waals surface area contributed by atoms with Gasteiger partial charge in [0.05, 0.1) is 0 Å². The second-order valence-electron chi connectivity index (χ2n) is 6.86. The molecule has 0 spiro atoms. The van der Waals surface area contributed by atoms with E-state index in [-0.39, 0.29) is 0 Å². The van der Waals surface area contributed by atoms with Crippen molar-refractivity contribution in [2.75, 3.05) is 19.6 Å². The van der Waals surface area contributed by atoms with E-state index in [0.29, 0.717) is 0 Å². The Balaban J connectivity index is 1.85. The second kappa shape index (κ2) is 11.6. The molecule has 0 aromatic rings. The molecular weight excluding hydrogens is 244 g/mol. The van der Waals surface area contributed by atoms with Crippen molar-refractivity contribution in [3.05, 3.63) is 0 Å². The van der Waals surface area contributed by atoms with Gasteiger partial charge >= 0.3 is 0 Å². The molecule has 1 saturated heterocycles. The number of hydrogen-bond donors (Lipinski definition) is 1. The highest BCUT2D eigenvalue weighted by Crippen LogP contribution is 2.22. The predicted molar refractivity (Wildman–Crippen MR) is 90.0 cm³/mol. The monoisotopic (exact) mass is 282 g/mol. The van der Waals surface area contributed by atoms with Crippen molar-refractivity contribution in [2.24, 2.45) is 11.7 Å². The summed E-state index contributed by atoms with van der Waals surface area (Å²) in [6.45, 7) is 8.07. The van der Waals surface area contributed by atoms with Crippen molar-refractivity contribution in [1.82, 2.24) is 4.90 Å². The summed E-state index contributed by atoms with van der Waals surface area (Å²) >= 11 is 0. The van der Waals surface area contributed by atoms with Gasteiger partial charge in [-0.15, -0.1) is 0 Å². The van der Waals surface area contributed by atoms with Crippen LogP contribution in [0.1, 0.15) is 84.5 Å². The van der Waals surface area contributed by atoms with Crippen molar-refractivity contribution in [1.29, 1.82) is 0 Å². The third-order valence-electron chi connectivity index (χ3n) is 4.92. The molecule has 0 bridgehead atoms. The summed E-state index contributed by atoms with van der Waals surface area (Å²) in [5, 5.41) is 0. The summed E-state index contributed by atoms with van der Waals surface area (Å²) in [6.07, 6.45) is 15.6. The van der Waals surface area contributed by atoms with Gasteiger partial charge in [-0.25, -0.2) is 0 Å². The minimum absolute atomic E-state index is 0.758. The van der Waals surface area contributed by atoms with E-state index in [1.807, 2.05) is 0 Å². The number of likely N-dealkylation sites (tertiary alicyclic amines) is 1. The summed E-state index contributed by atoms with van der Waals surface area (Å²) < 4.78 is 0. The first-order valence-electron chi connectivity index (χ1n) is 9.22. The van der Waals surface area contributed by atoms with Gasteiger partial charge in [-0.05, 0) is 38.8 Å². The SMILES string of the molecule is CCCCCCCCCCCCN1CC(CN)CC1C. The Kier molecular flexibility index (Phi) is 10.4. The predicted octanol–water partition coefficient (Wildman–Crippen LogP) is 4.58. The molecule has 0 aromatic carbocycles. The van der Waals surface area contributed by atoms with E-state index in [1.54, 1.807) is 0 Å². The first kappa shape index (κ1) is 18.0. The van der Waals surface area contributed by atoms with Crippen LogP contribution in [0, 0.1) is 5.92 Å². The van der Waals surface area contributed by atoms with Crippen LogP contribution >= 0.6 is 0 Å². The lowest BCUT2D eigenvalue weighted by atomic mass is 10.1. The topological polar surface area (TPSA) is 29.3 Å². The van der Waals surface area contributed by atoms with Crippen LogP contribution in [0.3, 0.4) is 0 Å². The highest BCUT2D eigenvalue weighted by atomic mass is 15.2. The van der Waals surface area contributed by atoms with Crippen molar-refractivity contribution in [3.63, 3.8) is 0 Å². The number of nitrogens with zero attached hydrogens (tertiary/aromatic N) is 1. The number of nitrogens with two attached hydrogens (primary N) is 1. The molecule has 2 atom stereocenters. The lowest BCUT2D eigenvalue weighted by Gasteiger charge is -2.20. The molecule has 0 amide bonds. The van der Waals surface area contributed by atoms with E-state index in [0.717, 1.165) is 18.5 Å². The number of hydrogen-bond acceptors (Lipinski definition) is 2. The van der Waals surface area contributed by atoms with Crippen LogP contribution in [0.5, 0.6) is 0 Å². The minimum atomic E-state index is 0.758. The Morgan fingerprint density at radius 2 is 1.45 bits per heavy atom. The Labute approximate surface area is 127 Å². The molecule has 2 heteroatoms. The van der Waals surface area contributed by atoms with E-state index in [9.17, 15) is 0 Å². The molecule has 1 fully saturated rings. The molecule has 0 radical (unpaired) electrons. The van der Waals surface area contributed by atoms with Gasteiger partial charge in [0.1, 0.15) is 0 Å². The van der Waals surface area contributed by atoms with Crippen molar-refractivity contribution < 1.29 is 0 Å². The van der Waals surface area contributed by atoms with E-state index in [1.165, 1.54) is 83.7 Å². The summed E-state index contributed by atoms with van der Waals surface area (Å²) in [5.74, 6) is 0.758. The average molecular weight is 283 g/mol. The van der Waals surface area contributed by atoms with E-state index < -0.39 is 0 Å². The Hall–Kier alpha value is -0.0800. The van der Waals surface area contributed by atoms with Crippen molar-refractivity contribution in [3.8, 4) is 0 Å². The van der Waals surface area contributed by atoms with Crippen LogP contribution in [0.25, 0.3) is 0 Å². The molecule has 1 rings (SSSR count). The van der Waals surface area contributed by atoms with Crippen LogP contribution in [0.2, 0.25) is 0 Å². The fourth-order valence-corrected chi connectivity index (χ4v) is 3.50. The molecule has 0 aliphatic carbocycles. The molecule has 2 N–H and O–H groups in total. The van der Waals surface area contributed by atoms with Crippen molar-refractivity contribution in [2.45, 2.75) is 90.5 Å². The Bertz CT molecular complexity index is 217. The van der Waals surface area contributed by atoms with E-state index in [2.05, 4.69) is 18.7 Å². The van der Waals surface area contributed by atoms with E-state index >= 15 is 0 Å².